The number of amides is 2. The fraction of sp³-hybridized carbons (Fsp3) is 0.222. The topological polar surface area (TPSA) is 44.4 Å². The summed E-state index contributed by atoms with van der Waals surface area (Å²) in [6.45, 7) is 2.23. The van der Waals surface area contributed by atoms with Crippen molar-refractivity contribution in [1.82, 2.24) is 10.2 Å². The molecule has 0 aromatic heterocycles. The average Bonchev–Trinajstić information content (AvgIpc) is 3.25. The zero-order chi connectivity index (χ0) is 21.0. The van der Waals surface area contributed by atoms with E-state index in [0.29, 0.717) is 19.1 Å². The fourth-order valence-corrected chi connectivity index (χ4v) is 4.50. The third-order valence-electron chi connectivity index (χ3n) is 6.18. The Hall–Kier alpha value is -3.37. The minimum atomic E-state index is -0.0482. The van der Waals surface area contributed by atoms with E-state index in [-0.39, 0.29) is 6.03 Å². The normalized spacial score (nSPS) is 17.7. The molecule has 0 saturated carbocycles. The molecule has 1 atom stereocenters. The summed E-state index contributed by atoms with van der Waals surface area (Å²) in [5, 5.41) is 6.65. The fourth-order valence-electron chi connectivity index (χ4n) is 4.50. The Labute approximate surface area is 183 Å². The molecule has 4 heteroatoms. The second-order valence-electron chi connectivity index (χ2n) is 8.36. The Morgan fingerprint density at radius 1 is 0.903 bits per heavy atom. The second kappa shape index (κ2) is 8.78. The number of nitrogens with zero attached hydrogens (tertiary/aromatic N) is 1. The van der Waals surface area contributed by atoms with E-state index in [9.17, 15) is 4.79 Å². The first-order chi connectivity index (χ1) is 15.2. The molecule has 0 bridgehead atoms. The van der Waals surface area contributed by atoms with Crippen LogP contribution in [0.1, 0.15) is 28.7 Å². The van der Waals surface area contributed by atoms with Crippen molar-refractivity contribution in [3.63, 3.8) is 0 Å². The summed E-state index contributed by atoms with van der Waals surface area (Å²) in [5.41, 5.74) is 7.26. The lowest BCUT2D eigenvalue weighted by atomic mass is 9.92. The van der Waals surface area contributed by atoms with Crippen LogP contribution in [0.25, 0.3) is 5.57 Å². The lowest BCUT2D eigenvalue weighted by molar-refractivity contribution is 0.212. The Morgan fingerprint density at radius 2 is 1.58 bits per heavy atom. The number of anilines is 1. The molecule has 2 aliphatic rings. The maximum absolute atomic E-state index is 12.7. The van der Waals surface area contributed by atoms with Crippen LogP contribution in [0.15, 0.2) is 84.9 Å². The van der Waals surface area contributed by atoms with E-state index in [1.165, 1.54) is 27.8 Å². The molecule has 3 aromatic rings. The molecule has 2 aliphatic heterocycles. The van der Waals surface area contributed by atoms with Gasteiger partial charge < -0.3 is 15.5 Å². The van der Waals surface area contributed by atoms with E-state index in [1.54, 1.807) is 0 Å². The summed E-state index contributed by atoms with van der Waals surface area (Å²) < 4.78 is 0. The van der Waals surface area contributed by atoms with Gasteiger partial charge in [-0.25, -0.2) is 4.79 Å². The molecule has 0 saturated heterocycles. The van der Waals surface area contributed by atoms with Crippen LogP contribution >= 0.6 is 0 Å². The number of carbonyl (C=O) groups excluding carboxylic acids is 1. The van der Waals surface area contributed by atoms with E-state index >= 15 is 0 Å². The van der Waals surface area contributed by atoms with Crippen LogP contribution in [0.3, 0.4) is 0 Å². The summed E-state index contributed by atoms with van der Waals surface area (Å²) in [7, 11) is 0. The number of fused-ring (bicyclic) bond motifs is 1. The van der Waals surface area contributed by atoms with Crippen LogP contribution in [0, 0.1) is 0 Å². The van der Waals surface area contributed by atoms with Crippen LogP contribution in [0.2, 0.25) is 0 Å². The molecule has 0 radical (unpaired) electrons. The molecule has 156 valence electrons. The lowest BCUT2D eigenvalue weighted by Gasteiger charge is -2.25. The minimum absolute atomic E-state index is 0.0482. The van der Waals surface area contributed by atoms with E-state index in [1.807, 2.05) is 29.2 Å². The molecule has 31 heavy (non-hydrogen) atoms. The van der Waals surface area contributed by atoms with Gasteiger partial charge in [0.1, 0.15) is 0 Å². The van der Waals surface area contributed by atoms with Crippen molar-refractivity contribution in [2.45, 2.75) is 32.0 Å². The molecule has 0 aliphatic carbocycles. The van der Waals surface area contributed by atoms with Crippen LogP contribution in [-0.4, -0.2) is 23.5 Å². The Morgan fingerprint density at radius 3 is 2.29 bits per heavy atom. The summed E-state index contributed by atoms with van der Waals surface area (Å²) in [5.74, 6) is 0. The van der Waals surface area contributed by atoms with Gasteiger partial charge in [-0.2, -0.15) is 0 Å². The van der Waals surface area contributed by atoms with Crippen molar-refractivity contribution in [1.29, 1.82) is 0 Å². The van der Waals surface area contributed by atoms with E-state index < -0.39 is 0 Å². The first-order valence-corrected chi connectivity index (χ1v) is 10.9. The maximum Gasteiger partial charge on any atom is 0.322 e. The Bertz CT molecular complexity index is 1060. The first-order valence-electron chi connectivity index (χ1n) is 10.9. The number of benzene rings is 3. The molecule has 5 rings (SSSR count). The number of nitrogens with one attached hydrogen (secondary N) is 2. The number of urea groups is 1. The highest BCUT2D eigenvalue weighted by Crippen LogP contribution is 2.26. The van der Waals surface area contributed by atoms with Crippen molar-refractivity contribution in [2.24, 2.45) is 0 Å². The maximum atomic E-state index is 12.7. The zero-order valence-electron chi connectivity index (χ0n) is 17.6. The smallest absolute Gasteiger partial charge is 0.316 e. The number of hydrogen-bond acceptors (Lipinski definition) is 2. The van der Waals surface area contributed by atoms with Gasteiger partial charge >= 0.3 is 6.03 Å². The van der Waals surface area contributed by atoms with Gasteiger partial charge in [-0.05, 0) is 52.8 Å². The molecular weight excluding hydrogens is 382 g/mol. The molecule has 1 unspecified atom stereocenters. The molecule has 4 nitrogen and oxygen atoms in total. The third-order valence-corrected chi connectivity index (χ3v) is 6.18. The third kappa shape index (κ3) is 4.54. The highest BCUT2D eigenvalue weighted by molar-refractivity contribution is 5.90. The van der Waals surface area contributed by atoms with Crippen molar-refractivity contribution >= 4 is 17.3 Å². The Balaban J connectivity index is 1.19. The van der Waals surface area contributed by atoms with Gasteiger partial charge in [-0.15, -0.1) is 0 Å². The minimum Gasteiger partial charge on any atom is -0.316 e. The second-order valence-corrected chi connectivity index (χ2v) is 8.36. The molecule has 2 N–H and O–H groups in total. The summed E-state index contributed by atoms with van der Waals surface area (Å²) >= 11 is 0. The van der Waals surface area contributed by atoms with Gasteiger partial charge in [0.05, 0.1) is 0 Å². The predicted molar refractivity (Wildman–Crippen MR) is 126 cm³/mol. The van der Waals surface area contributed by atoms with Crippen molar-refractivity contribution in [3.8, 4) is 0 Å². The summed E-state index contributed by atoms with van der Waals surface area (Å²) in [6.07, 6.45) is 4.31. The molecule has 3 aromatic carbocycles. The van der Waals surface area contributed by atoms with Crippen molar-refractivity contribution in [3.05, 3.63) is 107 Å². The number of rotatable bonds is 4. The van der Waals surface area contributed by atoms with Gasteiger partial charge in [0, 0.05) is 31.4 Å². The van der Waals surface area contributed by atoms with Gasteiger partial charge in [-0.3, -0.25) is 0 Å². The van der Waals surface area contributed by atoms with E-state index in [0.717, 1.165) is 25.1 Å². The first kappa shape index (κ1) is 19.6. The standard InChI is InChI=1S/C27H27N3O/c31-27(30-18-23-8-4-5-9-24(23)19-30)29-25-12-10-21(11-13-25)22-14-15-28-26(17-22)16-20-6-2-1-3-7-20/h1-14,26,28H,15-19H2,(H,29,31). The highest BCUT2D eigenvalue weighted by Gasteiger charge is 2.23. The Kier molecular flexibility index (Phi) is 5.55. The molecule has 0 fully saturated rings. The van der Waals surface area contributed by atoms with Crippen molar-refractivity contribution in [2.75, 3.05) is 11.9 Å². The van der Waals surface area contributed by atoms with Crippen LogP contribution < -0.4 is 10.6 Å². The van der Waals surface area contributed by atoms with E-state index in [2.05, 4.69) is 71.3 Å². The molecule has 2 heterocycles. The molecule has 0 spiro atoms. The number of carbonyl (C=O) groups is 1. The average molecular weight is 410 g/mol. The quantitative estimate of drug-likeness (QED) is 0.620. The largest absolute Gasteiger partial charge is 0.322 e. The van der Waals surface area contributed by atoms with Crippen LogP contribution in [-0.2, 0) is 19.5 Å². The SMILES string of the molecule is O=C(Nc1ccc(C2=CCNC(Cc3ccccc3)C2)cc1)N1Cc2ccccc2C1. The molecule has 2 amide bonds. The van der Waals surface area contributed by atoms with Gasteiger partial charge in [0.15, 0.2) is 0 Å². The van der Waals surface area contributed by atoms with Crippen molar-refractivity contribution < 1.29 is 4.79 Å². The van der Waals surface area contributed by atoms with E-state index in [4.69, 9.17) is 0 Å². The zero-order valence-corrected chi connectivity index (χ0v) is 17.6. The highest BCUT2D eigenvalue weighted by atomic mass is 16.2. The van der Waals surface area contributed by atoms with Gasteiger partial charge in [0.2, 0.25) is 0 Å². The van der Waals surface area contributed by atoms with Crippen LogP contribution in [0.4, 0.5) is 10.5 Å². The number of hydrogen-bond donors (Lipinski definition) is 2. The van der Waals surface area contributed by atoms with Gasteiger partial charge in [-0.1, -0.05) is 72.8 Å². The lowest BCUT2D eigenvalue weighted by Crippen LogP contribution is -2.34. The molecular formula is C27H27N3O. The monoisotopic (exact) mass is 409 g/mol. The predicted octanol–water partition coefficient (Wildman–Crippen LogP) is 5.22. The van der Waals surface area contributed by atoms with Crippen LogP contribution in [0.5, 0.6) is 0 Å². The van der Waals surface area contributed by atoms with Gasteiger partial charge in [0.25, 0.3) is 0 Å². The summed E-state index contributed by atoms with van der Waals surface area (Å²) in [6, 6.07) is 27.5. The summed E-state index contributed by atoms with van der Waals surface area (Å²) in [4.78, 5) is 14.5.